The zero-order valence-electron chi connectivity index (χ0n) is 11.2. The summed E-state index contributed by atoms with van der Waals surface area (Å²) in [6.07, 6.45) is -0.973. The van der Waals surface area contributed by atoms with Crippen LogP contribution in [0.15, 0.2) is 18.6 Å². The van der Waals surface area contributed by atoms with Gasteiger partial charge in [-0.25, -0.2) is 4.98 Å². The van der Waals surface area contributed by atoms with Crippen LogP contribution < -0.4 is 4.90 Å². The van der Waals surface area contributed by atoms with Gasteiger partial charge in [-0.15, -0.1) is 0 Å². The highest BCUT2D eigenvalue weighted by atomic mass is 19.4. The van der Waals surface area contributed by atoms with Gasteiger partial charge in [0.1, 0.15) is 12.1 Å². The van der Waals surface area contributed by atoms with Crippen molar-refractivity contribution in [2.24, 2.45) is 0 Å². The fourth-order valence-electron chi connectivity index (χ4n) is 2.58. The molecule has 22 heavy (non-hydrogen) atoms. The molecule has 4 rings (SSSR count). The number of fused-ring (bicyclic) bond motifs is 2. The number of H-pyrrole nitrogens is 1. The zero-order valence-corrected chi connectivity index (χ0v) is 11.2. The molecule has 0 atom stereocenters. The highest BCUT2D eigenvalue weighted by Crippen LogP contribution is 2.31. The first-order chi connectivity index (χ1) is 10.5. The summed E-state index contributed by atoms with van der Waals surface area (Å²) in [7, 11) is 0. The average Bonchev–Trinajstić information content (AvgIpc) is 3.13. The zero-order chi connectivity index (χ0) is 15.3. The molecule has 7 nitrogen and oxygen atoms in total. The van der Waals surface area contributed by atoms with Gasteiger partial charge in [0.2, 0.25) is 0 Å². The average molecular weight is 309 g/mol. The maximum Gasteiger partial charge on any atom is 0.433 e. The second kappa shape index (κ2) is 4.42. The Morgan fingerprint density at radius 1 is 1.27 bits per heavy atom. The monoisotopic (exact) mass is 309 g/mol. The summed E-state index contributed by atoms with van der Waals surface area (Å²) in [5, 5.41) is 10.8. The first-order valence-electron chi connectivity index (χ1n) is 6.56. The fraction of sp³-hybridized carbons (Fsp3) is 0.333. The predicted molar refractivity (Wildman–Crippen MR) is 69.1 cm³/mol. The van der Waals surface area contributed by atoms with E-state index in [1.165, 1.54) is 10.8 Å². The van der Waals surface area contributed by atoms with E-state index >= 15 is 0 Å². The number of rotatable bonds is 1. The van der Waals surface area contributed by atoms with E-state index in [1.807, 2.05) is 4.90 Å². The molecule has 0 saturated heterocycles. The van der Waals surface area contributed by atoms with Crippen LogP contribution in [0.4, 0.5) is 19.0 Å². The first kappa shape index (κ1) is 13.0. The highest BCUT2D eigenvalue weighted by molar-refractivity contribution is 5.49. The molecule has 0 aliphatic carbocycles. The van der Waals surface area contributed by atoms with Gasteiger partial charge < -0.3 is 4.90 Å². The van der Waals surface area contributed by atoms with Crippen LogP contribution in [-0.4, -0.2) is 36.3 Å². The molecular formula is C12H10F3N7. The van der Waals surface area contributed by atoms with Crippen molar-refractivity contribution < 1.29 is 13.2 Å². The Morgan fingerprint density at radius 3 is 2.95 bits per heavy atom. The van der Waals surface area contributed by atoms with Crippen molar-refractivity contribution in [1.82, 2.24) is 29.8 Å². The Hall–Kier alpha value is -2.65. The van der Waals surface area contributed by atoms with Gasteiger partial charge in [-0.2, -0.15) is 32.9 Å². The first-order valence-corrected chi connectivity index (χ1v) is 6.56. The third-order valence-electron chi connectivity index (χ3n) is 3.65. The smallest absolute Gasteiger partial charge is 0.352 e. The maximum absolute atomic E-state index is 13.0. The minimum absolute atomic E-state index is 0.0668. The molecule has 0 unspecified atom stereocenters. The van der Waals surface area contributed by atoms with Gasteiger partial charge in [0.25, 0.3) is 5.78 Å². The normalized spacial score (nSPS) is 15.3. The number of aromatic nitrogens is 6. The number of alkyl halides is 3. The molecule has 0 amide bonds. The second-order valence-corrected chi connectivity index (χ2v) is 5.01. The van der Waals surface area contributed by atoms with E-state index in [4.69, 9.17) is 0 Å². The Balaban J connectivity index is 1.82. The van der Waals surface area contributed by atoms with Gasteiger partial charge in [0.05, 0.1) is 6.20 Å². The Labute approximate surface area is 121 Å². The SMILES string of the molecule is FC(F)(F)c1cc(N2CCc3[nH]ncc3C2)n2ncnc2n1. The molecule has 1 N–H and O–H groups in total. The summed E-state index contributed by atoms with van der Waals surface area (Å²) in [6.45, 7) is 1.02. The van der Waals surface area contributed by atoms with Crippen molar-refractivity contribution in [2.45, 2.75) is 19.1 Å². The van der Waals surface area contributed by atoms with Crippen LogP contribution in [0.2, 0.25) is 0 Å². The van der Waals surface area contributed by atoms with Crippen molar-refractivity contribution >= 4 is 11.6 Å². The van der Waals surface area contributed by atoms with Gasteiger partial charge in [-0.3, -0.25) is 5.10 Å². The Bertz CT molecular complexity index is 835. The summed E-state index contributed by atoms with van der Waals surface area (Å²) >= 11 is 0. The van der Waals surface area contributed by atoms with Gasteiger partial charge in [-0.05, 0) is 0 Å². The lowest BCUT2D eigenvalue weighted by atomic mass is 10.1. The molecule has 3 aromatic heterocycles. The van der Waals surface area contributed by atoms with Crippen LogP contribution in [0.5, 0.6) is 0 Å². The predicted octanol–water partition coefficient (Wildman–Crippen LogP) is 1.43. The van der Waals surface area contributed by atoms with Crippen molar-refractivity contribution in [2.75, 3.05) is 11.4 Å². The fourth-order valence-corrected chi connectivity index (χ4v) is 2.58. The molecule has 0 radical (unpaired) electrons. The lowest BCUT2D eigenvalue weighted by Crippen LogP contribution is -2.32. The van der Waals surface area contributed by atoms with E-state index in [-0.39, 0.29) is 5.78 Å². The van der Waals surface area contributed by atoms with Crippen LogP contribution in [0, 0.1) is 0 Å². The number of nitrogens with one attached hydrogen (secondary N) is 1. The lowest BCUT2D eigenvalue weighted by molar-refractivity contribution is -0.141. The number of aromatic amines is 1. The van der Waals surface area contributed by atoms with Crippen molar-refractivity contribution in [3.05, 3.63) is 35.5 Å². The van der Waals surface area contributed by atoms with Crippen LogP contribution >= 0.6 is 0 Å². The summed E-state index contributed by atoms with van der Waals surface area (Å²) < 4.78 is 40.3. The van der Waals surface area contributed by atoms with Crippen LogP contribution in [0.1, 0.15) is 17.0 Å². The third kappa shape index (κ3) is 1.98. The van der Waals surface area contributed by atoms with Gasteiger partial charge in [0, 0.05) is 36.8 Å². The van der Waals surface area contributed by atoms with Crippen LogP contribution in [-0.2, 0) is 19.1 Å². The Kier molecular flexibility index (Phi) is 2.62. The molecule has 4 heterocycles. The molecule has 10 heteroatoms. The lowest BCUT2D eigenvalue weighted by Gasteiger charge is -2.28. The minimum Gasteiger partial charge on any atom is -0.352 e. The van der Waals surface area contributed by atoms with E-state index in [2.05, 4.69) is 25.3 Å². The minimum atomic E-state index is -4.53. The summed E-state index contributed by atoms with van der Waals surface area (Å²) in [5.41, 5.74) is 1.00. The van der Waals surface area contributed by atoms with E-state index in [0.717, 1.165) is 17.3 Å². The highest BCUT2D eigenvalue weighted by Gasteiger charge is 2.35. The molecule has 0 aromatic carbocycles. The molecule has 0 fully saturated rings. The Morgan fingerprint density at radius 2 is 2.14 bits per heavy atom. The van der Waals surface area contributed by atoms with E-state index in [0.29, 0.717) is 25.3 Å². The molecule has 0 saturated carbocycles. The summed E-state index contributed by atoms with van der Waals surface area (Å²) in [6, 6.07) is 1.01. The number of hydrogen-bond donors (Lipinski definition) is 1. The standard InChI is InChI=1S/C12H10F3N7/c13-12(14,15)9-3-10(22-11(19-9)16-6-18-22)21-2-1-8-7(5-21)4-17-20-8/h3-4,6H,1-2,5H2,(H,17,20). The molecule has 0 spiro atoms. The number of nitrogens with zero attached hydrogens (tertiary/aromatic N) is 6. The maximum atomic E-state index is 13.0. The largest absolute Gasteiger partial charge is 0.433 e. The van der Waals surface area contributed by atoms with Crippen molar-refractivity contribution in [1.29, 1.82) is 0 Å². The molecule has 1 aliphatic rings. The number of anilines is 1. The van der Waals surface area contributed by atoms with Crippen LogP contribution in [0.25, 0.3) is 5.78 Å². The number of halogens is 3. The summed E-state index contributed by atoms with van der Waals surface area (Å²) in [5.74, 6) is 0.254. The van der Waals surface area contributed by atoms with Crippen LogP contribution in [0.3, 0.4) is 0 Å². The topological polar surface area (TPSA) is 75.0 Å². The van der Waals surface area contributed by atoms with E-state index in [9.17, 15) is 13.2 Å². The van der Waals surface area contributed by atoms with Crippen molar-refractivity contribution in [3.63, 3.8) is 0 Å². The van der Waals surface area contributed by atoms with E-state index < -0.39 is 11.9 Å². The second-order valence-electron chi connectivity index (χ2n) is 5.01. The number of hydrogen-bond acceptors (Lipinski definition) is 5. The summed E-state index contributed by atoms with van der Waals surface area (Å²) in [4.78, 5) is 9.11. The molecule has 114 valence electrons. The molecular weight excluding hydrogens is 299 g/mol. The molecule has 3 aromatic rings. The van der Waals surface area contributed by atoms with Crippen molar-refractivity contribution in [3.8, 4) is 0 Å². The van der Waals surface area contributed by atoms with Gasteiger partial charge in [0.15, 0.2) is 5.69 Å². The van der Waals surface area contributed by atoms with E-state index in [1.54, 1.807) is 6.20 Å². The third-order valence-corrected chi connectivity index (χ3v) is 3.65. The van der Waals surface area contributed by atoms with Gasteiger partial charge >= 0.3 is 6.18 Å². The van der Waals surface area contributed by atoms with Gasteiger partial charge in [-0.1, -0.05) is 0 Å². The quantitative estimate of drug-likeness (QED) is 0.736. The molecule has 1 aliphatic heterocycles. The molecule has 0 bridgehead atoms.